The third kappa shape index (κ3) is 13.2. The Balaban J connectivity index is 3.00. The minimum Gasteiger partial charge on any atom is -0.491 e. The summed E-state index contributed by atoms with van der Waals surface area (Å²) in [6.07, 6.45) is 0.532. The second kappa shape index (κ2) is 18.7. The quantitative estimate of drug-likeness (QED) is 0.0959. The molecule has 0 bridgehead atoms. The number of nitrogens with one attached hydrogen (secondary N) is 5. The summed E-state index contributed by atoms with van der Waals surface area (Å²) in [5, 5.41) is 23.0. The fourth-order valence-electron chi connectivity index (χ4n) is 3.49. The smallest absolute Gasteiger partial charge is 0.312 e. The first kappa shape index (κ1) is 33.6. The standard InChI is InChI=1S/C25H43N7O7/c1-16(2)22(32-21(34)14-28-3)24(36)31-19(5-4-9-29-25(27)37)23(35)30-18-7-6-17(15-33)20(13-18)39-12-11-38-10-8-26/h6-7,13,16,19,22,28,33H,4-5,8-12,14-15,26H2,1-3H3,(H,30,35)(H,31,36)(H,32,34)(H3,27,29,37)/t19-,22?/m0/s1. The van der Waals surface area contributed by atoms with Gasteiger partial charge in [0, 0.05) is 30.4 Å². The number of aliphatic hydroxyl groups is 1. The van der Waals surface area contributed by atoms with Crippen LogP contribution >= 0.6 is 0 Å². The number of anilines is 1. The predicted octanol–water partition coefficient (Wildman–Crippen LogP) is -1.23. The van der Waals surface area contributed by atoms with E-state index in [0.29, 0.717) is 43.2 Å². The van der Waals surface area contributed by atoms with Crippen LogP contribution in [-0.4, -0.2) is 87.4 Å². The van der Waals surface area contributed by atoms with Crippen molar-refractivity contribution < 1.29 is 33.8 Å². The zero-order valence-corrected chi connectivity index (χ0v) is 22.9. The third-order valence-electron chi connectivity index (χ3n) is 5.46. The van der Waals surface area contributed by atoms with Gasteiger partial charge in [0.05, 0.1) is 26.4 Å². The molecule has 1 unspecified atom stereocenters. The van der Waals surface area contributed by atoms with Gasteiger partial charge < -0.3 is 52.6 Å². The van der Waals surface area contributed by atoms with Crippen molar-refractivity contribution in [2.45, 2.75) is 45.4 Å². The topological polar surface area (TPSA) is 219 Å². The van der Waals surface area contributed by atoms with Gasteiger partial charge in [-0.1, -0.05) is 19.9 Å². The SMILES string of the molecule is CNCC(=O)NC(C(=O)N[C@@H](CCCNC(N)=O)C(=O)Nc1ccc(CO)c(OCCOCCN)c1)C(C)C. The molecule has 5 amide bonds. The van der Waals surface area contributed by atoms with Gasteiger partial charge in [-0.15, -0.1) is 0 Å². The lowest BCUT2D eigenvalue weighted by Crippen LogP contribution is -2.55. The molecule has 1 aromatic carbocycles. The first-order chi connectivity index (χ1) is 18.6. The summed E-state index contributed by atoms with van der Waals surface area (Å²) in [7, 11) is 1.61. The molecule has 14 nitrogen and oxygen atoms in total. The summed E-state index contributed by atoms with van der Waals surface area (Å²) < 4.78 is 11.0. The number of nitrogens with two attached hydrogens (primary N) is 2. The lowest BCUT2D eigenvalue weighted by molar-refractivity contribution is -0.131. The van der Waals surface area contributed by atoms with E-state index in [0.717, 1.165) is 0 Å². The lowest BCUT2D eigenvalue weighted by Gasteiger charge is -2.25. The van der Waals surface area contributed by atoms with Crippen LogP contribution in [0.15, 0.2) is 18.2 Å². The maximum Gasteiger partial charge on any atom is 0.312 e. The van der Waals surface area contributed by atoms with E-state index < -0.39 is 29.9 Å². The number of likely N-dealkylation sites (N-methyl/N-ethyl adjacent to an activating group) is 1. The van der Waals surface area contributed by atoms with Gasteiger partial charge in [-0.05, 0) is 31.9 Å². The van der Waals surface area contributed by atoms with E-state index in [4.69, 9.17) is 20.9 Å². The van der Waals surface area contributed by atoms with Crippen molar-refractivity contribution in [1.29, 1.82) is 0 Å². The van der Waals surface area contributed by atoms with E-state index in [1.54, 1.807) is 39.1 Å². The van der Waals surface area contributed by atoms with Crippen LogP contribution in [0.4, 0.5) is 10.5 Å². The van der Waals surface area contributed by atoms with E-state index in [1.807, 2.05) is 0 Å². The highest BCUT2D eigenvalue weighted by Gasteiger charge is 2.28. The molecule has 0 aliphatic rings. The largest absolute Gasteiger partial charge is 0.491 e. The van der Waals surface area contributed by atoms with E-state index >= 15 is 0 Å². The first-order valence-electron chi connectivity index (χ1n) is 12.9. The fraction of sp³-hybridized carbons (Fsp3) is 0.600. The molecule has 0 heterocycles. The first-order valence-corrected chi connectivity index (χ1v) is 12.9. The number of carbonyl (C=O) groups excluding carboxylic acids is 4. The fourth-order valence-corrected chi connectivity index (χ4v) is 3.49. The van der Waals surface area contributed by atoms with Gasteiger partial charge in [0.2, 0.25) is 17.7 Å². The minimum absolute atomic E-state index is 0.0343. The van der Waals surface area contributed by atoms with Crippen LogP contribution in [-0.2, 0) is 25.7 Å². The van der Waals surface area contributed by atoms with Gasteiger partial charge in [-0.25, -0.2) is 4.79 Å². The Kier molecular flexibility index (Phi) is 16.1. The number of rotatable bonds is 19. The van der Waals surface area contributed by atoms with Crippen molar-refractivity contribution in [2.75, 3.05) is 51.8 Å². The number of aliphatic hydroxyl groups excluding tert-OH is 1. The van der Waals surface area contributed by atoms with Crippen LogP contribution in [0.1, 0.15) is 32.3 Å². The molecule has 0 spiro atoms. The molecule has 14 heteroatoms. The third-order valence-corrected chi connectivity index (χ3v) is 5.46. The van der Waals surface area contributed by atoms with Crippen molar-refractivity contribution in [3.63, 3.8) is 0 Å². The number of benzene rings is 1. The van der Waals surface area contributed by atoms with Gasteiger partial charge >= 0.3 is 6.03 Å². The van der Waals surface area contributed by atoms with Gasteiger partial charge in [-0.3, -0.25) is 14.4 Å². The number of carbonyl (C=O) groups is 4. The highest BCUT2D eigenvalue weighted by atomic mass is 16.5. The average molecular weight is 554 g/mol. The van der Waals surface area contributed by atoms with E-state index in [-0.39, 0.29) is 44.5 Å². The summed E-state index contributed by atoms with van der Waals surface area (Å²) in [6.45, 7) is 4.82. The van der Waals surface area contributed by atoms with Crippen molar-refractivity contribution in [3.8, 4) is 5.75 Å². The molecular weight excluding hydrogens is 510 g/mol. The van der Waals surface area contributed by atoms with Crippen molar-refractivity contribution >= 4 is 29.4 Å². The number of hydrogen-bond acceptors (Lipinski definition) is 9. The summed E-state index contributed by atoms with van der Waals surface area (Å²) >= 11 is 0. The van der Waals surface area contributed by atoms with Gasteiger partial charge in [-0.2, -0.15) is 0 Å². The monoisotopic (exact) mass is 553 g/mol. The maximum absolute atomic E-state index is 13.2. The zero-order valence-electron chi connectivity index (χ0n) is 22.9. The van der Waals surface area contributed by atoms with Gasteiger partial charge in [0.15, 0.2) is 0 Å². The molecular formula is C25H43N7O7. The molecule has 0 aliphatic heterocycles. The Morgan fingerprint density at radius 3 is 2.41 bits per heavy atom. The molecule has 2 atom stereocenters. The summed E-state index contributed by atoms with van der Waals surface area (Å²) in [4.78, 5) is 49.4. The second-order valence-electron chi connectivity index (χ2n) is 9.03. The number of hydrogen-bond donors (Lipinski definition) is 8. The molecule has 0 fully saturated rings. The molecule has 0 aliphatic carbocycles. The summed E-state index contributed by atoms with van der Waals surface area (Å²) in [5.74, 6) is -1.27. The molecule has 0 aromatic heterocycles. The van der Waals surface area contributed by atoms with Crippen LogP contribution in [0.25, 0.3) is 0 Å². The van der Waals surface area contributed by atoms with Crippen LogP contribution < -0.4 is 42.8 Å². The Bertz CT molecular complexity index is 930. The number of urea groups is 1. The molecule has 39 heavy (non-hydrogen) atoms. The van der Waals surface area contributed by atoms with Crippen LogP contribution in [0.2, 0.25) is 0 Å². The Hall–Kier alpha value is -3.46. The second-order valence-corrected chi connectivity index (χ2v) is 9.03. The molecule has 0 radical (unpaired) electrons. The highest BCUT2D eigenvalue weighted by Crippen LogP contribution is 2.24. The van der Waals surface area contributed by atoms with Crippen molar-refractivity contribution in [2.24, 2.45) is 17.4 Å². The van der Waals surface area contributed by atoms with Gasteiger partial charge in [0.1, 0.15) is 24.4 Å². The molecule has 0 saturated heterocycles. The lowest BCUT2D eigenvalue weighted by atomic mass is 10.0. The number of amides is 5. The summed E-state index contributed by atoms with van der Waals surface area (Å²) in [5.41, 5.74) is 11.4. The minimum atomic E-state index is -0.985. The van der Waals surface area contributed by atoms with Crippen molar-refractivity contribution in [3.05, 3.63) is 23.8 Å². The number of ether oxygens (including phenoxy) is 2. The van der Waals surface area contributed by atoms with E-state index in [1.165, 1.54) is 0 Å². The van der Waals surface area contributed by atoms with E-state index in [2.05, 4.69) is 26.6 Å². The average Bonchev–Trinajstić information content (AvgIpc) is 2.88. The molecule has 220 valence electrons. The van der Waals surface area contributed by atoms with Gasteiger partial charge in [0.25, 0.3) is 0 Å². The van der Waals surface area contributed by atoms with E-state index in [9.17, 15) is 24.3 Å². The summed E-state index contributed by atoms with van der Waals surface area (Å²) in [6, 6.07) is 2.23. The van der Waals surface area contributed by atoms with Crippen molar-refractivity contribution in [1.82, 2.24) is 21.3 Å². The Morgan fingerprint density at radius 2 is 1.79 bits per heavy atom. The van der Waals surface area contributed by atoms with Crippen LogP contribution in [0.5, 0.6) is 5.75 Å². The molecule has 10 N–H and O–H groups in total. The molecule has 1 aromatic rings. The zero-order chi connectivity index (χ0) is 29.2. The molecule has 1 rings (SSSR count). The Labute approximate surface area is 228 Å². The van der Waals surface area contributed by atoms with Crippen LogP contribution in [0.3, 0.4) is 0 Å². The Morgan fingerprint density at radius 1 is 1.05 bits per heavy atom. The van der Waals surface area contributed by atoms with Crippen LogP contribution in [0, 0.1) is 5.92 Å². The highest BCUT2D eigenvalue weighted by molar-refractivity contribution is 5.98. The maximum atomic E-state index is 13.2. The predicted molar refractivity (Wildman–Crippen MR) is 146 cm³/mol. The molecule has 0 saturated carbocycles. The normalized spacial score (nSPS) is 12.4. The number of primary amides is 1.